The summed E-state index contributed by atoms with van der Waals surface area (Å²) in [4.78, 5) is 39.3. The minimum atomic E-state index is -0.371. The number of para-hydroxylation sites is 1. The minimum Gasteiger partial charge on any atom is -0.444 e. The average Bonchev–Trinajstić information content (AvgIpc) is 3.40. The maximum Gasteiger partial charge on any atom is 0.414 e. The van der Waals surface area contributed by atoms with Crippen molar-refractivity contribution < 1.29 is 14.3 Å². The quantitative estimate of drug-likeness (QED) is 0.531. The number of rotatable bonds is 6. The van der Waals surface area contributed by atoms with Crippen LogP contribution in [0.5, 0.6) is 0 Å². The van der Waals surface area contributed by atoms with Crippen molar-refractivity contribution >= 4 is 46.0 Å². The number of ether oxygens (including phenoxy) is 1. The normalized spacial score (nSPS) is 21.0. The van der Waals surface area contributed by atoms with Gasteiger partial charge < -0.3 is 19.9 Å². The first-order chi connectivity index (χ1) is 16.6. The zero-order valence-corrected chi connectivity index (χ0v) is 19.3. The number of pyridine rings is 1. The lowest BCUT2D eigenvalue weighted by Crippen LogP contribution is -2.32. The molecule has 2 amide bonds. The Bertz CT molecular complexity index is 1370. The number of thioether (sulfide) groups is 1. The molecule has 2 aromatic carbocycles. The second-order valence-corrected chi connectivity index (χ2v) is 9.90. The summed E-state index contributed by atoms with van der Waals surface area (Å²) in [5, 5.41) is 7.41. The molecule has 0 aliphatic carbocycles. The van der Waals surface area contributed by atoms with Crippen molar-refractivity contribution in [3.8, 4) is 0 Å². The number of nitrogens with one attached hydrogen (secondary N) is 2. The Kier molecular flexibility index (Phi) is 5.30. The molecule has 8 nitrogen and oxygen atoms in total. The Morgan fingerprint density at radius 2 is 2.03 bits per heavy atom. The van der Waals surface area contributed by atoms with Gasteiger partial charge in [0.2, 0.25) is 5.91 Å². The van der Waals surface area contributed by atoms with Gasteiger partial charge in [-0.3, -0.25) is 14.5 Å². The monoisotopic (exact) mass is 476 g/mol. The molecule has 0 radical (unpaired) electrons. The first-order valence-electron chi connectivity index (χ1n) is 11.5. The van der Waals surface area contributed by atoms with Crippen LogP contribution in [0.3, 0.4) is 0 Å². The number of nitrogens with zero attached hydrogens (tertiary/aromatic N) is 2. The third-order valence-electron chi connectivity index (χ3n) is 6.66. The number of carbonyl (C=O) groups excluding carboxylic acids is 2. The molecule has 6 rings (SSSR count). The molecular formula is C25H24N4O4S. The van der Waals surface area contributed by atoms with Crippen LogP contribution < -0.4 is 21.1 Å². The number of amides is 2. The highest BCUT2D eigenvalue weighted by Gasteiger charge is 2.33. The second kappa shape index (κ2) is 8.48. The molecule has 174 valence electrons. The van der Waals surface area contributed by atoms with E-state index in [1.54, 1.807) is 11.0 Å². The molecule has 9 heteroatoms. The van der Waals surface area contributed by atoms with Gasteiger partial charge in [0.1, 0.15) is 6.10 Å². The fourth-order valence-corrected chi connectivity index (χ4v) is 5.87. The molecule has 3 aliphatic rings. The molecule has 4 heterocycles. The Hall–Kier alpha value is -3.30. The summed E-state index contributed by atoms with van der Waals surface area (Å²) in [7, 11) is 0. The summed E-state index contributed by atoms with van der Waals surface area (Å²) in [6.07, 6.45) is 0.928. The summed E-state index contributed by atoms with van der Waals surface area (Å²) in [6, 6.07) is 15.4. The topological polar surface area (TPSA) is 92.7 Å². The minimum absolute atomic E-state index is 0.0317. The Morgan fingerprint density at radius 1 is 1.12 bits per heavy atom. The van der Waals surface area contributed by atoms with Crippen molar-refractivity contribution in [2.24, 2.45) is 0 Å². The average molecular weight is 477 g/mol. The van der Waals surface area contributed by atoms with Gasteiger partial charge in [-0.25, -0.2) is 4.79 Å². The van der Waals surface area contributed by atoms with Crippen LogP contribution in [-0.4, -0.2) is 48.1 Å². The number of carbonyl (C=O) groups is 2. The Balaban J connectivity index is 1.05. The van der Waals surface area contributed by atoms with Crippen LogP contribution in [0.2, 0.25) is 0 Å². The van der Waals surface area contributed by atoms with E-state index in [2.05, 4.69) is 16.7 Å². The van der Waals surface area contributed by atoms with Gasteiger partial charge >= 0.3 is 6.09 Å². The molecule has 0 saturated carbocycles. The first-order valence-corrected chi connectivity index (χ1v) is 12.4. The van der Waals surface area contributed by atoms with Crippen LogP contribution in [-0.2, 0) is 16.0 Å². The lowest BCUT2D eigenvalue weighted by Gasteiger charge is -2.20. The second-order valence-electron chi connectivity index (χ2n) is 8.88. The maximum absolute atomic E-state index is 12.5. The molecule has 0 spiro atoms. The highest BCUT2D eigenvalue weighted by atomic mass is 32.2. The van der Waals surface area contributed by atoms with Crippen LogP contribution in [0.4, 0.5) is 16.2 Å². The van der Waals surface area contributed by atoms with Gasteiger partial charge in [-0.1, -0.05) is 18.2 Å². The predicted molar refractivity (Wildman–Crippen MR) is 132 cm³/mol. The fourth-order valence-electron chi connectivity index (χ4n) is 5.08. The summed E-state index contributed by atoms with van der Waals surface area (Å²) in [5.74, 6) is 0.371. The van der Waals surface area contributed by atoms with Crippen molar-refractivity contribution in [3.63, 3.8) is 0 Å². The zero-order chi connectivity index (χ0) is 23.2. The summed E-state index contributed by atoms with van der Waals surface area (Å²) >= 11 is 1.49. The molecule has 2 atom stereocenters. The van der Waals surface area contributed by atoms with E-state index in [9.17, 15) is 14.4 Å². The SMILES string of the molecule is O=C1CSc2ccc(N3C[C@@H](CCNC[C@H]4Cc5cccc6ccc(=O)n4c56)OC3=O)cc2N1. The van der Waals surface area contributed by atoms with E-state index < -0.39 is 0 Å². The highest BCUT2D eigenvalue weighted by Crippen LogP contribution is 2.35. The van der Waals surface area contributed by atoms with Crippen LogP contribution in [0.15, 0.2) is 58.2 Å². The maximum atomic E-state index is 12.5. The van der Waals surface area contributed by atoms with Crippen molar-refractivity contribution in [2.45, 2.75) is 29.9 Å². The third-order valence-corrected chi connectivity index (χ3v) is 7.73. The molecule has 1 fully saturated rings. The lowest BCUT2D eigenvalue weighted by molar-refractivity contribution is -0.113. The van der Waals surface area contributed by atoms with E-state index >= 15 is 0 Å². The first kappa shape index (κ1) is 21.2. The molecule has 1 aromatic heterocycles. The van der Waals surface area contributed by atoms with E-state index in [0.717, 1.165) is 33.6 Å². The number of hydrogen-bond donors (Lipinski definition) is 2. The van der Waals surface area contributed by atoms with Gasteiger partial charge in [0.25, 0.3) is 5.56 Å². The predicted octanol–water partition coefficient (Wildman–Crippen LogP) is 3.15. The fraction of sp³-hybridized carbons (Fsp3) is 0.320. The van der Waals surface area contributed by atoms with E-state index in [1.165, 1.54) is 17.3 Å². The van der Waals surface area contributed by atoms with Crippen LogP contribution in [0.25, 0.3) is 10.9 Å². The highest BCUT2D eigenvalue weighted by molar-refractivity contribution is 8.00. The van der Waals surface area contributed by atoms with Gasteiger partial charge in [-0.15, -0.1) is 11.8 Å². The van der Waals surface area contributed by atoms with Crippen molar-refractivity contribution in [3.05, 3.63) is 64.4 Å². The Labute approximate surface area is 200 Å². The largest absolute Gasteiger partial charge is 0.444 e. The van der Waals surface area contributed by atoms with E-state index in [0.29, 0.717) is 31.8 Å². The van der Waals surface area contributed by atoms with Gasteiger partial charge in [0.15, 0.2) is 0 Å². The summed E-state index contributed by atoms with van der Waals surface area (Å²) in [5.41, 5.74) is 3.74. The number of cyclic esters (lactones) is 1. The molecule has 3 aliphatic heterocycles. The third kappa shape index (κ3) is 3.74. The molecule has 2 N–H and O–H groups in total. The van der Waals surface area contributed by atoms with Gasteiger partial charge in [-0.2, -0.15) is 0 Å². The van der Waals surface area contributed by atoms with Crippen LogP contribution in [0.1, 0.15) is 18.0 Å². The van der Waals surface area contributed by atoms with E-state index in [-0.39, 0.29) is 29.7 Å². The number of hydrogen-bond acceptors (Lipinski definition) is 6. The van der Waals surface area contributed by atoms with Crippen molar-refractivity contribution in [1.29, 1.82) is 0 Å². The van der Waals surface area contributed by atoms with Crippen LogP contribution >= 0.6 is 11.8 Å². The number of fused-ring (bicyclic) bond motifs is 1. The molecule has 0 bridgehead atoms. The summed E-state index contributed by atoms with van der Waals surface area (Å²) in [6.45, 7) is 1.83. The molecule has 0 unspecified atom stereocenters. The van der Waals surface area contributed by atoms with Crippen LogP contribution in [0, 0.1) is 0 Å². The van der Waals surface area contributed by atoms with Crippen molar-refractivity contribution in [1.82, 2.24) is 9.88 Å². The molecule has 3 aromatic rings. The molecular weight excluding hydrogens is 452 g/mol. The number of aromatic nitrogens is 1. The molecule has 1 saturated heterocycles. The summed E-state index contributed by atoms with van der Waals surface area (Å²) < 4.78 is 7.49. The molecule has 34 heavy (non-hydrogen) atoms. The zero-order valence-electron chi connectivity index (χ0n) is 18.5. The van der Waals surface area contributed by atoms with E-state index in [4.69, 9.17) is 4.74 Å². The lowest BCUT2D eigenvalue weighted by atomic mass is 10.1. The number of anilines is 2. The van der Waals surface area contributed by atoms with Gasteiger partial charge in [0.05, 0.1) is 29.5 Å². The smallest absolute Gasteiger partial charge is 0.414 e. The van der Waals surface area contributed by atoms with Gasteiger partial charge in [0, 0.05) is 23.2 Å². The van der Waals surface area contributed by atoms with Crippen molar-refractivity contribution in [2.75, 3.05) is 35.6 Å². The van der Waals surface area contributed by atoms with Gasteiger partial charge in [-0.05, 0) is 54.6 Å². The van der Waals surface area contributed by atoms with E-state index in [1.807, 2.05) is 41.0 Å². The standard InChI is InChI=1S/C25H24N4O4S/c30-22-14-34-21-6-5-17(11-20(21)27-22)28-13-19(33-25(28)32)8-9-26-12-18-10-16-3-1-2-15-4-7-23(31)29(18)24(15)16/h1-7,11,18-19,26H,8-10,12-14H2,(H,27,30)/t18-,19-/m1/s1. The Morgan fingerprint density at radius 3 is 2.94 bits per heavy atom. The number of benzene rings is 2.